The molecule has 1 amide bonds. The molecule has 0 unspecified atom stereocenters. The predicted molar refractivity (Wildman–Crippen MR) is 94.6 cm³/mol. The van der Waals surface area contributed by atoms with Crippen LogP contribution in [0.1, 0.15) is 24.0 Å². The quantitative estimate of drug-likeness (QED) is 0.928. The Morgan fingerprint density at radius 3 is 2.72 bits per heavy atom. The van der Waals surface area contributed by atoms with Gasteiger partial charge < -0.3 is 19.5 Å². The molecule has 0 saturated carbocycles. The van der Waals surface area contributed by atoms with Gasteiger partial charge in [0.05, 0.1) is 13.2 Å². The number of amides is 1. The standard InChI is InChI=1S/C20H21NO4/c22-20(13-25-17-7-5-14-3-1-4-15(14)11-17)21-16-6-8-18-19(12-16)24-10-2-9-23-18/h5-8,11-12H,1-4,9-10,13H2,(H,21,22). The van der Waals surface area contributed by atoms with Crippen molar-refractivity contribution in [2.75, 3.05) is 25.1 Å². The van der Waals surface area contributed by atoms with Gasteiger partial charge in [-0.15, -0.1) is 0 Å². The Kier molecular flexibility index (Phi) is 4.46. The number of hydrogen-bond acceptors (Lipinski definition) is 4. The number of fused-ring (bicyclic) bond motifs is 2. The van der Waals surface area contributed by atoms with E-state index in [9.17, 15) is 4.79 Å². The van der Waals surface area contributed by atoms with Gasteiger partial charge in [-0.25, -0.2) is 0 Å². The molecule has 0 saturated heterocycles. The molecule has 1 N–H and O–H groups in total. The normalized spacial score (nSPS) is 15.2. The summed E-state index contributed by atoms with van der Waals surface area (Å²) in [5, 5.41) is 2.84. The van der Waals surface area contributed by atoms with Crippen LogP contribution in [-0.4, -0.2) is 25.7 Å². The second-order valence-corrected chi connectivity index (χ2v) is 6.33. The van der Waals surface area contributed by atoms with Crippen LogP contribution in [0.25, 0.3) is 0 Å². The molecular weight excluding hydrogens is 318 g/mol. The molecule has 2 aliphatic rings. The van der Waals surface area contributed by atoms with Crippen LogP contribution in [0.5, 0.6) is 17.2 Å². The van der Waals surface area contributed by atoms with Crippen LogP contribution in [0.15, 0.2) is 36.4 Å². The van der Waals surface area contributed by atoms with Crippen LogP contribution in [-0.2, 0) is 17.6 Å². The molecule has 0 aromatic heterocycles. The zero-order valence-electron chi connectivity index (χ0n) is 14.0. The molecule has 2 aromatic rings. The first-order valence-corrected chi connectivity index (χ1v) is 8.72. The largest absolute Gasteiger partial charge is 0.490 e. The number of carbonyl (C=O) groups excluding carboxylic acids is 1. The third kappa shape index (κ3) is 3.71. The number of hydrogen-bond donors (Lipinski definition) is 1. The van der Waals surface area contributed by atoms with E-state index in [1.165, 1.54) is 17.5 Å². The summed E-state index contributed by atoms with van der Waals surface area (Å²) in [5.74, 6) is 1.92. The second-order valence-electron chi connectivity index (χ2n) is 6.33. The van der Waals surface area contributed by atoms with Gasteiger partial charge in [0.2, 0.25) is 0 Å². The first-order valence-electron chi connectivity index (χ1n) is 8.72. The van der Waals surface area contributed by atoms with Crippen molar-refractivity contribution in [1.82, 2.24) is 0 Å². The van der Waals surface area contributed by atoms with E-state index in [0.717, 1.165) is 25.0 Å². The maximum absolute atomic E-state index is 12.1. The molecule has 130 valence electrons. The van der Waals surface area contributed by atoms with Gasteiger partial charge in [0, 0.05) is 18.2 Å². The van der Waals surface area contributed by atoms with Crippen LogP contribution in [0.2, 0.25) is 0 Å². The van der Waals surface area contributed by atoms with Gasteiger partial charge in [0.25, 0.3) is 5.91 Å². The molecule has 1 aliphatic heterocycles. The molecule has 5 nitrogen and oxygen atoms in total. The summed E-state index contributed by atoms with van der Waals surface area (Å²) >= 11 is 0. The summed E-state index contributed by atoms with van der Waals surface area (Å²) in [6.07, 6.45) is 4.28. The Bertz CT molecular complexity index is 787. The number of aryl methyl sites for hydroxylation is 2. The molecular formula is C20H21NO4. The van der Waals surface area contributed by atoms with E-state index in [1.54, 1.807) is 12.1 Å². The fourth-order valence-electron chi connectivity index (χ4n) is 3.22. The van der Waals surface area contributed by atoms with Crippen molar-refractivity contribution in [3.63, 3.8) is 0 Å². The fraction of sp³-hybridized carbons (Fsp3) is 0.350. The van der Waals surface area contributed by atoms with Crippen molar-refractivity contribution >= 4 is 11.6 Å². The molecule has 0 atom stereocenters. The molecule has 2 aromatic carbocycles. The summed E-state index contributed by atoms with van der Waals surface area (Å²) < 4.78 is 16.9. The smallest absolute Gasteiger partial charge is 0.262 e. The number of nitrogens with one attached hydrogen (secondary N) is 1. The van der Waals surface area contributed by atoms with Crippen LogP contribution < -0.4 is 19.5 Å². The highest BCUT2D eigenvalue weighted by molar-refractivity contribution is 5.92. The zero-order chi connectivity index (χ0) is 17.1. The summed E-state index contributed by atoms with van der Waals surface area (Å²) in [4.78, 5) is 12.1. The van der Waals surface area contributed by atoms with Crippen molar-refractivity contribution < 1.29 is 19.0 Å². The van der Waals surface area contributed by atoms with Gasteiger partial charge in [0.1, 0.15) is 5.75 Å². The predicted octanol–water partition coefficient (Wildman–Crippen LogP) is 3.35. The monoisotopic (exact) mass is 339 g/mol. The average Bonchev–Trinajstić information content (AvgIpc) is 2.96. The van der Waals surface area contributed by atoms with Crippen LogP contribution in [0.3, 0.4) is 0 Å². The van der Waals surface area contributed by atoms with E-state index >= 15 is 0 Å². The lowest BCUT2D eigenvalue weighted by molar-refractivity contribution is -0.118. The van der Waals surface area contributed by atoms with E-state index in [4.69, 9.17) is 14.2 Å². The number of benzene rings is 2. The molecule has 25 heavy (non-hydrogen) atoms. The lowest BCUT2D eigenvalue weighted by atomic mass is 10.1. The maximum atomic E-state index is 12.1. The maximum Gasteiger partial charge on any atom is 0.262 e. The summed E-state index contributed by atoms with van der Waals surface area (Å²) in [6.45, 7) is 1.24. The Hall–Kier alpha value is -2.69. The topological polar surface area (TPSA) is 56.8 Å². The van der Waals surface area contributed by atoms with Gasteiger partial charge in [0.15, 0.2) is 18.1 Å². The minimum absolute atomic E-state index is 0.0206. The third-order valence-corrected chi connectivity index (χ3v) is 4.47. The van der Waals surface area contributed by atoms with E-state index in [0.29, 0.717) is 30.4 Å². The molecule has 1 aliphatic carbocycles. The Balaban J connectivity index is 1.35. The lowest BCUT2D eigenvalue weighted by Crippen LogP contribution is -2.20. The van der Waals surface area contributed by atoms with E-state index in [1.807, 2.05) is 18.2 Å². The molecule has 1 heterocycles. The molecule has 0 fully saturated rings. The van der Waals surface area contributed by atoms with Crippen LogP contribution in [0.4, 0.5) is 5.69 Å². The van der Waals surface area contributed by atoms with E-state index in [-0.39, 0.29) is 12.5 Å². The Labute approximate surface area is 146 Å². The summed E-state index contributed by atoms with van der Waals surface area (Å²) in [6, 6.07) is 11.5. The minimum atomic E-state index is -0.199. The van der Waals surface area contributed by atoms with Crippen molar-refractivity contribution in [3.05, 3.63) is 47.5 Å². The number of anilines is 1. The molecule has 4 rings (SSSR count). The average molecular weight is 339 g/mol. The highest BCUT2D eigenvalue weighted by Gasteiger charge is 2.13. The first kappa shape index (κ1) is 15.8. The van der Waals surface area contributed by atoms with Crippen LogP contribution in [0, 0.1) is 0 Å². The SMILES string of the molecule is O=C(COc1ccc2c(c1)CCC2)Nc1ccc2c(c1)OCCCO2. The second kappa shape index (κ2) is 7.05. The van der Waals surface area contributed by atoms with Gasteiger partial charge in [-0.3, -0.25) is 4.79 Å². The number of rotatable bonds is 4. The molecule has 0 bridgehead atoms. The van der Waals surface area contributed by atoms with Gasteiger partial charge in [-0.2, -0.15) is 0 Å². The highest BCUT2D eigenvalue weighted by atomic mass is 16.5. The summed E-state index contributed by atoms with van der Waals surface area (Å²) in [7, 11) is 0. The van der Waals surface area contributed by atoms with Crippen molar-refractivity contribution in [2.45, 2.75) is 25.7 Å². The number of carbonyl (C=O) groups is 1. The Morgan fingerprint density at radius 1 is 0.960 bits per heavy atom. The molecule has 0 radical (unpaired) electrons. The molecule has 5 heteroatoms. The third-order valence-electron chi connectivity index (χ3n) is 4.47. The lowest BCUT2D eigenvalue weighted by Gasteiger charge is -2.11. The van der Waals surface area contributed by atoms with Crippen molar-refractivity contribution in [3.8, 4) is 17.2 Å². The summed E-state index contributed by atoms with van der Waals surface area (Å²) in [5.41, 5.74) is 3.40. The van der Waals surface area contributed by atoms with Crippen molar-refractivity contribution in [1.29, 1.82) is 0 Å². The van der Waals surface area contributed by atoms with Crippen LogP contribution >= 0.6 is 0 Å². The molecule has 0 spiro atoms. The van der Waals surface area contributed by atoms with E-state index in [2.05, 4.69) is 11.4 Å². The van der Waals surface area contributed by atoms with Crippen molar-refractivity contribution in [2.24, 2.45) is 0 Å². The van der Waals surface area contributed by atoms with Gasteiger partial charge >= 0.3 is 0 Å². The van der Waals surface area contributed by atoms with Gasteiger partial charge in [-0.1, -0.05) is 6.07 Å². The Morgan fingerprint density at radius 2 is 1.80 bits per heavy atom. The number of ether oxygens (including phenoxy) is 3. The zero-order valence-corrected chi connectivity index (χ0v) is 14.0. The first-order chi connectivity index (χ1) is 12.3. The minimum Gasteiger partial charge on any atom is -0.490 e. The van der Waals surface area contributed by atoms with E-state index < -0.39 is 0 Å². The highest BCUT2D eigenvalue weighted by Crippen LogP contribution is 2.32. The fourth-order valence-corrected chi connectivity index (χ4v) is 3.22. The van der Waals surface area contributed by atoms with Gasteiger partial charge in [-0.05, 0) is 54.7 Å².